The van der Waals surface area contributed by atoms with Crippen LogP contribution in [-0.4, -0.2) is 64.0 Å². The average molecular weight is 513 g/mol. The van der Waals surface area contributed by atoms with Gasteiger partial charge in [0.1, 0.15) is 18.1 Å². The van der Waals surface area contributed by atoms with Crippen LogP contribution in [0.1, 0.15) is 30.9 Å². The molecule has 11 heteroatoms. The number of carbonyl (C=O) groups excluding carboxylic acids is 3. The molecule has 0 heterocycles. The minimum Gasteiger partial charge on any atom is -0.481 e. The number of nitrogens with one attached hydrogen (secondary N) is 3. The van der Waals surface area contributed by atoms with Gasteiger partial charge in [-0.25, -0.2) is 4.79 Å². The monoisotopic (exact) mass is 512 g/mol. The highest BCUT2D eigenvalue weighted by Crippen LogP contribution is 2.07. The molecule has 0 saturated carbocycles. The maximum atomic E-state index is 13.1. The molecule has 0 radical (unpaired) electrons. The van der Waals surface area contributed by atoms with E-state index in [1.54, 1.807) is 24.3 Å². The number of hydrogen-bond acceptors (Lipinski definition) is 6. The highest BCUT2D eigenvalue weighted by Gasteiger charge is 2.28. The van der Waals surface area contributed by atoms with E-state index in [0.717, 1.165) is 11.1 Å². The Morgan fingerprint density at radius 3 is 1.76 bits per heavy atom. The van der Waals surface area contributed by atoms with Crippen LogP contribution in [-0.2, 0) is 36.8 Å². The van der Waals surface area contributed by atoms with Crippen LogP contribution < -0.4 is 21.7 Å². The van der Waals surface area contributed by atoms with Crippen LogP contribution in [0.4, 0.5) is 0 Å². The third-order valence-electron chi connectivity index (χ3n) is 5.56. The van der Waals surface area contributed by atoms with Crippen molar-refractivity contribution in [1.29, 1.82) is 0 Å². The molecule has 0 saturated heterocycles. The van der Waals surface area contributed by atoms with Crippen molar-refractivity contribution in [2.75, 3.05) is 0 Å². The van der Waals surface area contributed by atoms with Gasteiger partial charge in [0.2, 0.25) is 17.7 Å². The van der Waals surface area contributed by atoms with Crippen LogP contribution in [0.25, 0.3) is 0 Å². The smallest absolute Gasteiger partial charge is 0.326 e. The van der Waals surface area contributed by atoms with E-state index in [1.807, 2.05) is 36.4 Å². The first-order valence-corrected chi connectivity index (χ1v) is 11.8. The molecule has 7 N–H and O–H groups in total. The van der Waals surface area contributed by atoms with Crippen LogP contribution in [0, 0.1) is 0 Å². The fourth-order valence-electron chi connectivity index (χ4n) is 3.50. The van der Waals surface area contributed by atoms with Gasteiger partial charge in [-0.3, -0.25) is 19.2 Å². The minimum atomic E-state index is -1.43. The molecular formula is C26H32N4O7. The van der Waals surface area contributed by atoms with Crippen LogP contribution in [0.5, 0.6) is 0 Å². The normalized spacial score (nSPS) is 13.9. The summed E-state index contributed by atoms with van der Waals surface area (Å²) in [6.07, 6.45) is -0.380. The molecule has 2 aromatic rings. The lowest BCUT2D eigenvalue weighted by Crippen LogP contribution is -2.57. The summed E-state index contributed by atoms with van der Waals surface area (Å²) in [7, 11) is 0. The van der Waals surface area contributed by atoms with Crippen molar-refractivity contribution in [2.24, 2.45) is 5.73 Å². The van der Waals surface area contributed by atoms with Crippen LogP contribution in [0.2, 0.25) is 0 Å². The molecule has 2 rings (SSSR count). The molecule has 0 aliphatic rings. The van der Waals surface area contributed by atoms with E-state index in [1.165, 1.54) is 6.92 Å². The topological polar surface area (TPSA) is 188 Å². The average Bonchev–Trinajstić information content (AvgIpc) is 2.86. The quantitative estimate of drug-likeness (QED) is 0.207. The highest BCUT2D eigenvalue weighted by molar-refractivity contribution is 5.94. The van der Waals surface area contributed by atoms with Gasteiger partial charge >= 0.3 is 11.9 Å². The summed E-state index contributed by atoms with van der Waals surface area (Å²) in [4.78, 5) is 60.5. The molecule has 198 valence electrons. The van der Waals surface area contributed by atoms with Crippen molar-refractivity contribution in [1.82, 2.24) is 16.0 Å². The van der Waals surface area contributed by atoms with Gasteiger partial charge in [-0.1, -0.05) is 60.7 Å². The Labute approximate surface area is 214 Å². The van der Waals surface area contributed by atoms with Gasteiger partial charge in [0.25, 0.3) is 0 Å². The molecule has 3 amide bonds. The molecule has 2 aromatic carbocycles. The Bertz CT molecular complexity index is 1080. The SMILES string of the molecule is CC(NC(=O)C(Cc1ccccc1)NC(=O)C(N)Cc1ccccc1)C(=O)NC(CCC(=O)O)C(=O)O. The minimum absolute atomic E-state index is 0.126. The number of nitrogens with two attached hydrogens (primary N) is 1. The van der Waals surface area contributed by atoms with E-state index in [9.17, 15) is 29.1 Å². The third kappa shape index (κ3) is 10.1. The maximum absolute atomic E-state index is 13.1. The van der Waals surface area contributed by atoms with E-state index in [2.05, 4.69) is 16.0 Å². The number of amides is 3. The van der Waals surface area contributed by atoms with Crippen molar-refractivity contribution in [2.45, 2.75) is 56.8 Å². The molecule has 0 aromatic heterocycles. The first-order chi connectivity index (χ1) is 17.6. The van der Waals surface area contributed by atoms with Crippen molar-refractivity contribution >= 4 is 29.7 Å². The second-order valence-corrected chi connectivity index (χ2v) is 8.61. The summed E-state index contributed by atoms with van der Waals surface area (Å²) in [5.74, 6) is -4.61. The number of hydrogen-bond donors (Lipinski definition) is 6. The number of carboxylic acids is 2. The van der Waals surface area contributed by atoms with Gasteiger partial charge in [0.15, 0.2) is 0 Å². The lowest BCUT2D eigenvalue weighted by Gasteiger charge is -2.23. The fraction of sp³-hybridized carbons (Fsp3) is 0.346. The van der Waals surface area contributed by atoms with Gasteiger partial charge in [-0.15, -0.1) is 0 Å². The predicted molar refractivity (Wildman–Crippen MR) is 134 cm³/mol. The van der Waals surface area contributed by atoms with Crippen LogP contribution >= 0.6 is 0 Å². The Kier molecular flexibility index (Phi) is 11.2. The zero-order valence-electron chi connectivity index (χ0n) is 20.4. The van der Waals surface area contributed by atoms with Crippen LogP contribution in [0.15, 0.2) is 60.7 Å². The second-order valence-electron chi connectivity index (χ2n) is 8.61. The Balaban J connectivity index is 2.07. The number of carboxylic acid groups (broad SMARTS) is 2. The second kappa shape index (κ2) is 14.3. The molecule has 0 fully saturated rings. The lowest BCUT2D eigenvalue weighted by molar-refractivity contribution is -0.143. The summed E-state index contributed by atoms with van der Waals surface area (Å²) in [6, 6.07) is 13.5. The number of rotatable bonds is 14. The molecule has 0 aliphatic carbocycles. The molecule has 0 spiro atoms. The Hall–Kier alpha value is -4.25. The molecule has 4 unspecified atom stereocenters. The summed E-state index contributed by atoms with van der Waals surface area (Å²) in [5, 5.41) is 25.4. The van der Waals surface area contributed by atoms with Crippen LogP contribution in [0.3, 0.4) is 0 Å². The Morgan fingerprint density at radius 2 is 1.24 bits per heavy atom. The van der Waals surface area contributed by atoms with Gasteiger partial charge in [0.05, 0.1) is 6.04 Å². The summed E-state index contributed by atoms with van der Waals surface area (Å²) in [6.45, 7) is 1.35. The summed E-state index contributed by atoms with van der Waals surface area (Å²) in [5.41, 5.74) is 7.69. The lowest BCUT2D eigenvalue weighted by atomic mass is 10.0. The molecule has 4 atom stereocenters. The van der Waals surface area contributed by atoms with Crippen molar-refractivity contribution in [3.63, 3.8) is 0 Å². The first-order valence-electron chi connectivity index (χ1n) is 11.8. The zero-order chi connectivity index (χ0) is 27.4. The maximum Gasteiger partial charge on any atom is 0.326 e. The highest BCUT2D eigenvalue weighted by atomic mass is 16.4. The number of aliphatic carboxylic acids is 2. The Morgan fingerprint density at radius 1 is 0.730 bits per heavy atom. The number of benzene rings is 2. The van der Waals surface area contributed by atoms with Crippen molar-refractivity contribution < 1.29 is 34.2 Å². The summed E-state index contributed by atoms with van der Waals surface area (Å²) >= 11 is 0. The van der Waals surface area contributed by atoms with E-state index in [-0.39, 0.29) is 19.3 Å². The largest absolute Gasteiger partial charge is 0.481 e. The standard InChI is InChI=1S/C26H32N4O7/c1-16(23(33)29-20(26(36)37)12-13-22(31)32)28-25(35)21(15-18-10-6-3-7-11-18)30-24(34)19(27)14-17-8-4-2-5-9-17/h2-11,16,19-21H,12-15,27H2,1H3,(H,28,35)(H,29,33)(H,30,34)(H,31,32)(H,36,37). The molecule has 0 bridgehead atoms. The number of carbonyl (C=O) groups is 5. The van der Waals surface area contributed by atoms with E-state index in [0.29, 0.717) is 0 Å². The van der Waals surface area contributed by atoms with Crippen molar-refractivity contribution in [3.8, 4) is 0 Å². The molecule has 37 heavy (non-hydrogen) atoms. The third-order valence-corrected chi connectivity index (χ3v) is 5.56. The van der Waals surface area contributed by atoms with Gasteiger partial charge < -0.3 is 31.9 Å². The van der Waals surface area contributed by atoms with Gasteiger partial charge in [-0.05, 0) is 30.9 Å². The van der Waals surface area contributed by atoms with E-state index < -0.39 is 60.2 Å². The summed E-state index contributed by atoms with van der Waals surface area (Å²) < 4.78 is 0. The van der Waals surface area contributed by atoms with Gasteiger partial charge in [0, 0.05) is 12.8 Å². The zero-order valence-corrected chi connectivity index (χ0v) is 20.4. The molecule has 0 aliphatic heterocycles. The van der Waals surface area contributed by atoms with E-state index in [4.69, 9.17) is 10.8 Å². The predicted octanol–water partition coefficient (Wildman–Crippen LogP) is 0.223. The van der Waals surface area contributed by atoms with E-state index >= 15 is 0 Å². The fourth-order valence-corrected chi connectivity index (χ4v) is 3.50. The van der Waals surface area contributed by atoms with Gasteiger partial charge in [-0.2, -0.15) is 0 Å². The molecular weight excluding hydrogens is 480 g/mol. The first kappa shape index (κ1) is 29.0. The molecule has 11 nitrogen and oxygen atoms in total. The van der Waals surface area contributed by atoms with Crippen molar-refractivity contribution in [3.05, 3.63) is 71.8 Å².